The maximum atomic E-state index is 12.5. The summed E-state index contributed by atoms with van der Waals surface area (Å²) in [6, 6.07) is 6.79. The molecule has 1 fully saturated rings. The number of aliphatic hydroxyl groups is 1. The van der Waals surface area contributed by atoms with E-state index in [1.807, 2.05) is 6.92 Å². The lowest BCUT2D eigenvalue weighted by molar-refractivity contribution is 0.0813. The van der Waals surface area contributed by atoms with Crippen LogP contribution in [-0.2, 0) is 10.0 Å². The van der Waals surface area contributed by atoms with Gasteiger partial charge in [-0.25, -0.2) is 8.42 Å². The van der Waals surface area contributed by atoms with Gasteiger partial charge in [0.25, 0.3) is 0 Å². The van der Waals surface area contributed by atoms with Gasteiger partial charge in [-0.3, -0.25) is 0 Å². The predicted molar refractivity (Wildman–Crippen MR) is 91.8 cm³/mol. The molecule has 1 aromatic rings. The molecule has 23 heavy (non-hydrogen) atoms. The van der Waals surface area contributed by atoms with Gasteiger partial charge >= 0.3 is 0 Å². The summed E-state index contributed by atoms with van der Waals surface area (Å²) in [5, 5.41) is 10.2. The highest BCUT2D eigenvalue weighted by atomic mass is 32.2. The summed E-state index contributed by atoms with van der Waals surface area (Å²) < 4.78 is 26.3. The summed E-state index contributed by atoms with van der Waals surface area (Å²) in [5.41, 5.74) is 1.02. The molecule has 0 bridgehead atoms. The molecule has 1 unspecified atom stereocenters. The molecule has 0 aliphatic carbocycles. The Morgan fingerprint density at radius 3 is 2.39 bits per heavy atom. The van der Waals surface area contributed by atoms with Crippen LogP contribution in [0.25, 0.3) is 0 Å². The molecule has 0 aromatic heterocycles. The maximum Gasteiger partial charge on any atom is 0.242 e. The Morgan fingerprint density at radius 1 is 1.26 bits per heavy atom. The fourth-order valence-corrected chi connectivity index (χ4v) is 4.09. The van der Waals surface area contributed by atoms with Crippen LogP contribution in [0.15, 0.2) is 29.2 Å². The van der Waals surface area contributed by atoms with Crippen molar-refractivity contribution in [3.63, 3.8) is 0 Å². The minimum atomic E-state index is -3.55. The number of likely N-dealkylation sites (N-methyl/N-ethyl adjacent to an activating group) is 1. The molecule has 1 aliphatic rings. The Kier molecular flexibility index (Phi) is 6.19. The summed E-state index contributed by atoms with van der Waals surface area (Å²) in [7, 11) is -2.02. The summed E-state index contributed by atoms with van der Waals surface area (Å²) in [6.07, 6.45) is 1.61. The van der Waals surface area contributed by atoms with Gasteiger partial charge in [0.2, 0.25) is 10.0 Å². The molecule has 130 valence electrons. The molecule has 5 nitrogen and oxygen atoms in total. The van der Waals surface area contributed by atoms with Gasteiger partial charge in [-0.15, -0.1) is 0 Å². The molecule has 1 heterocycles. The SMILES string of the molecule is Cc1ccc(S(=O)(=O)N(C)CC(O)CN2CCC(C)CC2)cc1. The van der Waals surface area contributed by atoms with E-state index in [1.54, 1.807) is 24.3 Å². The second kappa shape index (κ2) is 7.75. The molecule has 0 amide bonds. The van der Waals surface area contributed by atoms with E-state index in [-0.39, 0.29) is 11.4 Å². The zero-order valence-electron chi connectivity index (χ0n) is 14.3. The third kappa shape index (κ3) is 5.01. The second-order valence-electron chi connectivity index (χ2n) is 6.74. The molecule has 0 radical (unpaired) electrons. The summed E-state index contributed by atoms with van der Waals surface area (Å²) in [5.74, 6) is 0.744. The Labute approximate surface area is 140 Å². The van der Waals surface area contributed by atoms with Crippen LogP contribution in [0, 0.1) is 12.8 Å². The highest BCUT2D eigenvalue weighted by molar-refractivity contribution is 7.89. The van der Waals surface area contributed by atoms with Crippen LogP contribution < -0.4 is 0 Å². The van der Waals surface area contributed by atoms with Crippen LogP contribution in [0.4, 0.5) is 0 Å². The van der Waals surface area contributed by atoms with E-state index >= 15 is 0 Å². The van der Waals surface area contributed by atoms with Crippen LogP contribution in [0.3, 0.4) is 0 Å². The van der Waals surface area contributed by atoms with Gasteiger partial charge < -0.3 is 10.0 Å². The van der Waals surface area contributed by atoms with Gasteiger partial charge in [0.1, 0.15) is 0 Å². The monoisotopic (exact) mass is 340 g/mol. The number of aliphatic hydroxyl groups excluding tert-OH is 1. The molecule has 1 saturated heterocycles. The zero-order chi connectivity index (χ0) is 17.0. The summed E-state index contributed by atoms with van der Waals surface area (Å²) >= 11 is 0. The quantitative estimate of drug-likeness (QED) is 0.856. The molecule has 0 spiro atoms. The topological polar surface area (TPSA) is 60.9 Å². The lowest BCUT2D eigenvalue weighted by atomic mass is 9.99. The van der Waals surface area contributed by atoms with Crippen LogP contribution in [-0.4, -0.2) is 62.1 Å². The molecule has 1 atom stereocenters. The smallest absolute Gasteiger partial charge is 0.242 e. The number of hydrogen-bond donors (Lipinski definition) is 1. The van der Waals surface area contributed by atoms with E-state index in [0.29, 0.717) is 6.54 Å². The minimum Gasteiger partial charge on any atom is -0.390 e. The third-order valence-corrected chi connectivity index (χ3v) is 6.38. The highest BCUT2D eigenvalue weighted by Gasteiger charge is 2.25. The van der Waals surface area contributed by atoms with E-state index in [4.69, 9.17) is 0 Å². The first kappa shape index (κ1) is 18.4. The number of benzene rings is 1. The molecule has 1 N–H and O–H groups in total. The third-order valence-electron chi connectivity index (χ3n) is 4.54. The van der Waals surface area contributed by atoms with Crippen molar-refractivity contribution in [2.45, 2.75) is 37.7 Å². The van der Waals surface area contributed by atoms with Crippen molar-refractivity contribution < 1.29 is 13.5 Å². The Bertz CT molecular complexity index is 593. The molecule has 1 aromatic carbocycles. The fraction of sp³-hybridized carbons (Fsp3) is 0.647. The van der Waals surface area contributed by atoms with E-state index in [0.717, 1.165) is 37.4 Å². The van der Waals surface area contributed by atoms with E-state index in [9.17, 15) is 13.5 Å². The largest absolute Gasteiger partial charge is 0.390 e. The number of hydrogen-bond acceptors (Lipinski definition) is 4. The predicted octanol–water partition coefficient (Wildman–Crippen LogP) is 1.71. The fourth-order valence-electron chi connectivity index (χ4n) is 2.89. The lowest BCUT2D eigenvalue weighted by Crippen LogP contribution is -2.43. The maximum absolute atomic E-state index is 12.5. The van der Waals surface area contributed by atoms with Gasteiger partial charge in [0.15, 0.2) is 0 Å². The number of aryl methyl sites for hydroxylation is 1. The number of likely N-dealkylation sites (tertiary alicyclic amines) is 1. The van der Waals surface area contributed by atoms with Crippen molar-refractivity contribution in [1.82, 2.24) is 9.21 Å². The van der Waals surface area contributed by atoms with Crippen molar-refractivity contribution in [2.75, 3.05) is 33.2 Å². The van der Waals surface area contributed by atoms with E-state index < -0.39 is 16.1 Å². The first-order valence-electron chi connectivity index (χ1n) is 8.22. The number of rotatable bonds is 6. The molecule has 1 aliphatic heterocycles. The Hall–Kier alpha value is -0.950. The molecular formula is C17H28N2O3S. The molecule has 6 heteroatoms. The van der Waals surface area contributed by atoms with Crippen molar-refractivity contribution in [2.24, 2.45) is 5.92 Å². The number of nitrogens with zero attached hydrogens (tertiary/aromatic N) is 2. The van der Waals surface area contributed by atoms with Gasteiger partial charge in [0, 0.05) is 20.1 Å². The van der Waals surface area contributed by atoms with Crippen LogP contribution in [0.5, 0.6) is 0 Å². The number of sulfonamides is 1. The minimum absolute atomic E-state index is 0.113. The van der Waals surface area contributed by atoms with Crippen LogP contribution in [0.1, 0.15) is 25.3 Å². The van der Waals surface area contributed by atoms with Crippen LogP contribution >= 0.6 is 0 Å². The molecule has 0 saturated carbocycles. The molecule has 2 rings (SSSR count). The normalized spacial score (nSPS) is 19.2. The van der Waals surface area contributed by atoms with Crippen molar-refractivity contribution in [1.29, 1.82) is 0 Å². The highest BCUT2D eigenvalue weighted by Crippen LogP contribution is 2.18. The summed E-state index contributed by atoms with van der Waals surface area (Å²) in [6.45, 7) is 6.76. The first-order valence-corrected chi connectivity index (χ1v) is 9.66. The van der Waals surface area contributed by atoms with Gasteiger partial charge in [-0.05, 0) is 50.9 Å². The standard InChI is InChI=1S/C17H28N2O3S/c1-14-4-6-17(7-5-14)23(21,22)18(3)12-16(20)13-19-10-8-15(2)9-11-19/h4-7,15-16,20H,8-13H2,1-3H3. The number of piperidine rings is 1. The Balaban J connectivity index is 1.92. The summed E-state index contributed by atoms with van der Waals surface area (Å²) in [4.78, 5) is 2.49. The van der Waals surface area contributed by atoms with Crippen molar-refractivity contribution in [3.05, 3.63) is 29.8 Å². The van der Waals surface area contributed by atoms with E-state index in [2.05, 4.69) is 11.8 Å². The molecular weight excluding hydrogens is 312 g/mol. The Morgan fingerprint density at radius 2 is 1.83 bits per heavy atom. The lowest BCUT2D eigenvalue weighted by Gasteiger charge is -2.32. The van der Waals surface area contributed by atoms with Crippen molar-refractivity contribution >= 4 is 10.0 Å². The van der Waals surface area contributed by atoms with E-state index in [1.165, 1.54) is 11.4 Å². The van der Waals surface area contributed by atoms with Crippen molar-refractivity contribution in [3.8, 4) is 0 Å². The average Bonchev–Trinajstić information content (AvgIpc) is 2.50. The number of β-amino-alcohol motifs (C(OH)–C–C–N with tert-alkyl or cyclic N) is 1. The first-order chi connectivity index (χ1) is 10.8. The average molecular weight is 340 g/mol. The second-order valence-corrected chi connectivity index (χ2v) is 8.78. The van der Waals surface area contributed by atoms with Gasteiger partial charge in [-0.2, -0.15) is 4.31 Å². The van der Waals surface area contributed by atoms with Gasteiger partial charge in [-0.1, -0.05) is 24.6 Å². The zero-order valence-corrected chi connectivity index (χ0v) is 15.1. The van der Waals surface area contributed by atoms with Gasteiger partial charge in [0.05, 0.1) is 11.0 Å². The van der Waals surface area contributed by atoms with Crippen LogP contribution in [0.2, 0.25) is 0 Å².